The van der Waals surface area contributed by atoms with Crippen LogP contribution in [-0.4, -0.2) is 17.7 Å². The molecule has 0 saturated heterocycles. The van der Waals surface area contributed by atoms with Gasteiger partial charge in [-0.25, -0.2) is 0 Å². The van der Waals surface area contributed by atoms with Crippen LogP contribution in [0.15, 0.2) is 0 Å². The van der Waals surface area contributed by atoms with Gasteiger partial charge in [-0.1, -0.05) is 13.8 Å². The van der Waals surface area contributed by atoms with Crippen molar-refractivity contribution in [2.45, 2.75) is 71.5 Å². The third-order valence-electron chi connectivity index (χ3n) is 3.41. The number of rotatable bonds is 2. The quantitative estimate of drug-likeness (QED) is 0.765. The first-order chi connectivity index (χ1) is 6.68. The predicted octanol–water partition coefficient (Wildman–Crippen LogP) is 3.10. The first-order valence-electron chi connectivity index (χ1n) is 6.08. The van der Waals surface area contributed by atoms with E-state index in [1.54, 1.807) is 0 Å². The normalized spacial score (nSPS) is 25.2. The van der Waals surface area contributed by atoms with Crippen LogP contribution in [0.3, 0.4) is 0 Å². The fourth-order valence-corrected chi connectivity index (χ4v) is 2.38. The van der Waals surface area contributed by atoms with Gasteiger partial charge >= 0.3 is 0 Å². The lowest BCUT2D eigenvalue weighted by atomic mass is 9.70. The molecular weight excluding hydrogens is 186 g/mol. The van der Waals surface area contributed by atoms with E-state index in [2.05, 4.69) is 34.6 Å². The SMILES string of the molecule is CC1(C)CCC(CN)(OC(C)(C)C)CC1. The Morgan fingerprint density at radius 2 is 1.53 bits per heavy atom. The summed E-state index contributed by atoms with van der Waals surface area (Å²) in [6, 6.07) is 0. The Morgan fingerprint density at radius 1 is 1.07 bits per heavy atom. The van der Waals surface area contributed by atoms with Gasteiger partial charge in [0.25, 0.3) is 0 Å². The van der Waals surface area contributed by atoms with Crippen molar-refractivity contribution in [3.63, 3.8) is 0 Å². The molecule has 1 aliphatic rings. The molecule has 0 atom stereocenters. The van der Waals surface area contributed by atoms with Crippen molar-refractivity contribution in [2.75, 3.05) is 6.54 Å². The minimum Gasteiger partial charge on any atom is -0.368 e. The molecule has 0 bridgehead atoms. The summed E-state index contributed by atoms with van der Waals surface area (Å²) in [5.74, 6) is 0. The van der Waals surface area contributed by atoms with E-state index in [1.807, 2.05) is 0 Å². The molecule has 0 aromatic heterocycles. The molecule has 0 aromatic rings. The topological polar surface area (TPSA) is 35.2 Å². The van der Waals surface area contributed by atoms with Gasteiger partial charge in [-0.2, -0.15) is 0 Å². The van der Waals surface area contributed by atoms with Crippen LogP contribution in [0.4, 0.5) is 0 Å². The fraction of sp³-hybridized carbons (Fsp3) is 1.00. The lowest BCUT2D eigenvalue weighted by molar-refractivity contribution is -0.153. The summed E-state index contributed by atoms with van der Waals surface area (Å²) < 4.78 is 6.18. The summed E-state index contributed by atoms with van der Waals surface area (Å²) in [5, 5.41) is 0. The van der Waals surface area contributed by atoms with Gasteiger partial charge < -0.3 is 10.5 Å². The summed E-state index contributed by atoms with van der Waals surface area (Å²) in [7, 11) is 0. The zero-order chi connectivity index (χ0) is 11.7. The van der Waals surface area contributed by atoms with E-state index in [9.17, 15) is 0 Å². The minimum atomic E-state index is -0.0825. The van der Waals surface area contributed by atoms with Crippen molar-refractivity contribution < 1.29 is 4.74 Å². The van der Waals surface area contributed by atoms with Gasteiger partial charge in [0.15, 0.2) is 0 Å². The molecule has 1 saturated carbocycles. The van der Waals surface area contributed by atoms with Gasteiger partial charge in [0.05, 0.1) is 11.2 Å². The second-order valence-corrected chi connectivity index (χ2v) is 6.77. The fourth-order valence-electron chi connectivity index (χ4n) is 2.38. The second-order valence-electron chi connectivity index (χ2n) is 6.77. The summed E-state index contributed by atoms with van der Waals surface area (Å²) in [5.41, 5.74) is 6.24. The molecule has 0 amide bonds. The molecule has 2 N–H and O–H groups in total. The molecule has 1 rings (SSSR count). The Kier molecular flexibility index (Phi) is 3.52. The van der Waals surface area contributed by atoms with Crippen LogP contribution < -0.4 is 5.73 Å². The molecule has 0 aliphatic heterocycles. The lowest BCUT2D eigenvalue weighted by Gasteiger charge is -2.46. The predicted molar refractivity (Wildman–Crippen MR) is 64.9 cm³/mol. The van der Waals surface area contributed by atoms with Crippen molar-refractivity contribution in [1.82, 2.24) is 0 Å². The zero-order valence-corrected chi connectivity index (χ0v) is 11.0. The van der Waals surface area contributed by atoms with Gasteiger partial charge in [0.2, 0.25) is 0 Å². The Hall–Kier alpha value is -0.0800. The molecule has 0 spiro atoms. The molecule has 0 aromatic carbocycles. The largest absolute Gasteiger partial charge is 0.368 e. The number of ether oxygens (including phenoxy) is 1. The van der Waals surface area contributed by atoms with E-state index in [-0.39, 0.29) is 11.2 Å². The maximum atomic E-state index is 6.18. The average molecular weight is 213 g/mol. The van der Waals surface area contributed by atoms with E-state index >= 15 is 0 Å². The van der Waals surface area contributed by atoms with Crippen LogP contribution in [0.2, 0.25) is 0 Å². The smallest absolute Gasteiger partial charge is 0.0811 e. The summed E-state index contributed by atoms with van der Waals surface area (Å²) in [6.07, 6.45) is 4.65. The van der Waals surface area contributed by atoms with Gasteiger partial charge in [0, 0.05) is 6.54 Å². The van der Waals surface area contributed by atoms with Gasteiger partial charge in [0.1, 0.15) is 0 Å². The standard InChI is InChI=1S/C13H27NO/c1-11(2,3)15-13(10-14)8-6-12(4,5)7-9-13/h6-10,14H2,1-5H3. The van der Waals surface area contributed by atoms with Gasteiger partial charge in [-0.3, -0.25) is 0 Å². The molecular formula is C13H27NO. The summed E-state index contributed by atoms with van der Waals surface area (Å²) in [6.45, 7) is 11.7. The summed E-state index contributed by atoms with van der Waals surface area (Å²) >= 11 is 0. The molecule has 2 nitrogen and oxygen atoms in total. The van der Waals surface area contributed by atoms with Gasteiger partial charge in [-0.15, -0.1) is 0 Å². The van der Waals surface area contributed by atoms with E-state index < -0.39 is 0 Å². The molecule has 90 valence electrons. The minimum absolute atomic E-state index is 0.0617. The van der Waals surface area contributed by atoms with Crippen molar-refractivity contribution in [1.29, 1.82) is 0 Å². The second kappa shape index (κ2) is 4.06. The molecule has 2 heteroatoms. The Balaban J connectivity index is 2.64. The van der Waals surface area contributed by atoms with E-state index in [0.29, 0.717) is 12.0 Å². The zero-order valence-electron chi connectivity index (χ0n) is 11.0. The van der Waals surface area contributed by atoms with Crippen molar-refractivity contribution in [2.24, 2.45) is 11.1 Å². The van der Waals surface area contributed by atoms with Crippen LogP contribution in [0.5, 0.6) is 0 Å². The molecule has 0 unspecified atom stereocenters. The van der Waals surface area contributed by atoms with Crippen LogP contribution in [-0.2, 0) is 4.74 Å². The van der Waals surface area contributed by atoms with Crippen molar-refractivity contribution >= 4 is 0 Å². The first kappa shape index (κ1) is 13.0. The van der Waals surface area contributed by atoms with Crippen LogP contribution in [0, 0.1) is 5.41 Å². The van der Waals surface area contributed by atoms with E-state index in [4.69, 9.17) is 10.5 Å². The number of hydrogen-bond acceptors (Lipinski definition) is 2. The highest BCUT2D eigenvalue weighted by atomic mass is 16.5. The molecule has 0 radical (unpaired) electrons. The summed E-state index contributed by atoms with van der Waals surface area (Å²) in [4.78, 5) is 0. The van der Waals surface area contributed by atoms with Crippen LogP contribution >= 0.6 is 0 Å². The Labute approximate surface area is 94.6 Å². The maximum Gasteiger partial charge on any atom is 0.0811 e. The average Bonchev–Trinajstić information content (AvgIpc) is 2.07. The maximum absolute atomic E-state index is 6.18. The third-order valence-corrected chi connectivity index (χ3v) is 3.41. The molecule has 0 heterocycles. The Bertz CT molecular complexity index is 205. The van der Waals surface area contributed by atoms with Crippen LogP contribution in [0.25, 0.3) is 0 Å². The monoisotopic (exact) mass is 213 g/mol. The molecule has 1 aliphatic carbocycles. The highest BCUT2D eigenvalue weighted by Crippen LogP contribution is 2.42. The van der Waals surface area contributed by atoms with E-state index in [1.165, 1.54) is 12.8 Å². The third kappa shape index (κ3) is 3.76. The van der Waals surface area contributed by atoms with E-state index in [0.717, 1.165) is 12.8 Å². The molecule has 1 fully saturated rings. The van der Waals surface area contributed by atoms with Crippen molar-refractivity contribution in [3.05, 3.63) is 0 Å². The molecule has 15 heavy (non-hydrogen) atoms. The Morgan fingerprint density at radius 3 is 1.87 bits per heavy atom. The number of nitrogens with two attached hydrogens (primary N) is 1. The van der Waals surface area contributed by atoms with Crippen LogP contribution in [0.1, 0.15) is 60.3 Å². The lowest BCUT2D eigenvalue weighted by Crippen LogP contribution is -2.49. The van der Waals surface area contributed by atoms with Gasteiger partial charge in [-0.05, 0) is 51.9 Å². The highest BCUT2D eigenvalue weighted by molar-refractivity contribution is 4.92. The highest BCUT2D eigenvalue weighted by Gasteiger charge is 2.40. The number of hydrogen-bond donors (Lipinski definition) is 1. The van der Waals surface area contributed by atoms with Crippen molar-refractivity contribution in [3.8, 4) is 0 Å². The first-order valence-corrected chi connectivity index (χ1v) is 6.08.